The minimum absolute atomic E-state index is 0.0861. The van der Waals surface area contributed by atoms with Gasteiger partial charge in [-0.2, -0.15) is 5.26 Å². The maximum atomic E-state index is 10.3. The van der Waals surface area contributed by atoms with Crippen molar-refractivity contribution in [3.8, 4) is 11.9 Å². The zero-order valence-electron chi connectivity index (χ0n) is 12.8. The van der Waals surface area contributed by atoms with E-state index in [0.717, 1.165) is 0 Å². The van der Waals surface area contributed by atoms with E-state index in [-0.39, 0.29) is 34.9 Å². The van der Waals surface area contributed by atoms with Crippen LogP contribution in [0.25, 0.3) is 11.0 Å². The number of hydrogen-bond acceptors (Lipinski definition) is 9. The predicted molar refractivity (Wildman–Crippen MR) is 80.8 cm³/mol. The lowest BCUT2D eigenvalue weighted by atomic mass is 10.1. The van der Waals surface area contributed by atoms with Gasteiger partial charge in [0.15, 0.2) is 11.9 Å². The van der Waals surface area contributed by atoms with Crippen molar-refractivity contribution in [1.82, 2.24) is 14.5 Å². The van der Waals surface area contributed by atoms with Gasteiger partial charge >= 0.3 is 0 Å². The number of ether oxygens (including phenoxy) is 2. The van der Waals surface area contributed by atoms with Crippen molar-refractivity contribution in [1.29, 1.82) is 5.26 Å². The topological polar surface area (TPSA) is 160 Å². The van der Waals surface area contributed by atoms with E-state index in [9.17, 15) is 20.6 Å². The summed E-state index contributed by atoms with van der Waals surface area (Å²) >= 11 is 0. The molecule has 0 aliphatic carbocycles. The van der Waals surface area contributed by atoms with Gasteiger partial charge in [0.2, 0.25) is 5.88 Å². The number of aromatic nitrogens is 3. The Bertz CT molecular complexity index is 801. The van der Waals surface area contributed by atoms with E-state index >= 15 is 0 Å². The number of aliphatic hydroxyl groups is 3. The highest BCUT2D eigenvalue weighted by molar-refractivity contribution is 5.94. The molecule has 0 saturated carbocycles. The molecule has 0 radical (unpaired) electrons. The second-order valence-electron chi connectivity index (χ2n) is 5.28. The van der Waals surface area contributed by atoms with Crippen molar-refractivity contribution < 1.29 is 24.8 Å². The van der Waals surface area contributed by atoms with Crippen LogP contribution < -0.4 is 10.5 Å². The van der Waals surface area contributed by atoms with Crippen molar-refractivity contribution in [2.24, 2.45) is 0 Å². The summed E-state index contributed by atoms with van der Waals surface area (Å²) in [5, 5.41) is 39.3. The zero-order valence-corrected chi connectivity index (χ0v) is 12.8. The summed E-state index contributed by atoms with van der Waals surface area (Å²) in [7, 11) is 0. The molecular weight excluding hydrogens is 318 g/mol. The van der Waals surface area contributed by atoms with Crippen LogP contribution in [-0.4, -0.2) is 61.4 Å². The Morgan fingerprint density at radius 3 is 2.75 bits per heavy atom. The SMILES string of the molecule is CCOc1c(C#N)c2c(N)ncnc2n1[C@@H]1O[C@@H](CO)[C@@H](O)[C@@H]1O. The number of nitrogens with zero attached hydrogens (tertiary/aromatic N) is 4. The summed E-state index contributed by atoms with van der Waals surface area (Å²) in [6.07, 6.45) is -3.50. The Morgan fingerprint density at radius 2 is 2.17 bits per heavy atom. The number of nitrogens with two attached hydrogens (primary N) is 1. The molecule has 1 saturated heterocycles. The number of fused-ring (bicyclic) bond motifs is 1. The summed E-state index contributed by atoms with van der Waals surface area (Å²) < 4.78 is 12.4. The van der Waals surface area contributed by atoms with Crippen molar-refractivity contribution in [3.63, 3.8) is 0 Å². The fraction of sp³-hybridized carbons (Fsp3) is 0.500. The third-order valence-electron chi connectivity index (χ3n) is 3.93. The molecule has 5 N–H and O–H groups in total. The van der Waals surface area contributed by atoms with Gasteiger partial charge in [-0.05, 0) is 6.92 Å². The quantitative estimate of drug-likeness (QED) is 0.543. The molecule has 128 valence electrons. The van der Waals surface area contributed by atoms with E-state index in [0.29, 0.717) is 0 Å². The Labute approximate surface area is 136 Å². The average molecular weight is 335 g/mol. The van der Waals surface area contributed by atoms with Gasteiger partial charge in [-0.1, -0.05) is 0 Å². The molecule has 2 aromatic rings. The first-order chi connectivity index (χ1) is 11.5. The summed E-state index contributed by atoms with van der Waals surface area (Å²) in [5.41, 5.74) is 6.21. The normalized spacial score (nSPS) is 26.6. The van der Waals surface area contributed by atoms with Crippen LogP contribution in [0.15, 0.2) is 6.33 Å². The fourth-order valence-electron chi connectivity index (χ4n) is 2.85. The number of rotatable bonds is 4. The summed E-state index contributed by atoms with van der Waals surface area (Å²) in [4.78, 5) is 7.99. The van der Waals surface area contributed by atoms with Crippen LogP contribution in [0.5, 0.6) is 5.88 Å². The van der Waals surface area contributed by atoms with Crippen molar-refractivity contribution in [2.45, 2.75) is 31.5 Å². The van der Waals surface area contributed by atoms with E-state index in [1.807, 2.05) is 6.07 Å². The lowest BCUT2D eigenvalue weighted by molar-refractivity contribution is -0.0537. The molecule has 2 aromatic heterocycles. The zero-order chi connectivity index (χ0) is 17.4. The Morgan fingerprint density at radius 1 is 1.42 bits per heavy atom. The molecule has 0 bridgehead atoms. The number of anilines is 1. The third-order valence-corrected chi connectivity index (χ3v) is 3.93. The van der Waals surface area contributed by atoms with Crippen LogP contribution in [0, 0.1) is 11.3 Å². The van der Waals surface area contributed by atoms with Gasteiger partial charge < -0.3 is 30.5 Å². The first-order valence-electron chi connectivity index (χ1n) is 7.34. The third kappa shape index (κ3) is 2.26. The van der Waals surface area contributed by atoms with Gasteiger partial charge in [-0.3, -0.25) is 4.57 Å². The molecule has 0 spiro atoms. The van der Waals surface area contributed by atoms with Gasteiger partial charge in [0.25, 0.3) is 0 Å². The van der Waals surface area contributed by atoms with E-state index in [2.05, 4.69) is 9.97 Å². The van der Waals surface area contributed by atoms with Crippen molar-refractivity contribution in [2.75, 3.05) is 18.9 Å². The molecular formula is C14H17N5O5. The fourth-order valence-corrected chi connectivity index (χ4v) is 2.85. The Hall–Kier alpha value is -2.45. The smallest absolute Gasteiger partial charge is 0.216 e. The number of nitriles is 1. The monoisotopic (exact) mass is 335 g/mol. The molecule has 24 heavy (non-hydrogen) atoms. The first kappa shape index (κ1) is 16.4. The van der Waals surface area contributed by atoms with Gasteiger partial charge in [0.05, 0.1) is 18.6 Å². The van der Waals surface area contributed by atoms with Gasteiger partial charge in [0.1, 0.15) is 42.1 Å². The van der Waals surface area contributed by atoms with E-state index in [4.69, 9.17) is 15.2 Å². The Kier molecular flexibility index (Phi) is 4.25. The molecule has 0 unspecified atom stereocenters. The predicted octanol–water partition coefficient (Wildman–Crippen LogP) is -1.10. The summed E-state index contributed by atoms with van der Waals surface area (Å²) in [6, 6.07) is 2.00. The van der Waals surface area contributed by atoms with Crippen molar-refractivity contribution in [3.05, 3.63) is 11.9 Å². The number of hydrogen-bond donors (Lipinski definition) is 4. The van der Waals surface area contributed by atoms with Crippen LogP contribution in [0.2, 0.25) is 0 Å². The molecule has 3 heterocycles. The summed E-state index contributed by atoms with van der Waals surface area (Å²) in [5.74, 6) is 0.194. The highest BCUT2D eigenvalue weighted by Crippen LogP contribution is 2.40. The standard InChI is InChI=1S/C14H17N5O5/c1-2-23-13-6(3-15)8-11(16)17-5-18-12(8)19(13)14-10(22)9(21)7(4-20)24-14/h5,7,9-10,14,20-22H,2,4H2,1H3,(H2,16,17,18)/t7-,9+,10-,14+/m0/s1. The second kappa shape index (κ2) is 6.21. The molecule has 10 heteroatoms. The average Bonchev–Trinajstić information content (AvgIpc) is 3.04. The second-order valence-corrected chi connectivity index (χ2v) is 5.28. The minimum atomic E-state index is -1.35. The molecule has 10 nitrogen and oxygen atoms in total. The highest BCUT2D eigenvalue weighted by atomic mass is 16.6. The summed E-state index contributed by atoms with van der Waals surface area (Å²) in [6.45, 7) is 1.50. The van der Waals surface area contributed by atoms with Gasteiger partial charge in [-0.15, -0.1) is 0 Å². The molecule has 3 rings (SSSR count). The molecule has 1 aliphatic heterocycles. The number of aliphatic hydroxyl groups excluding tert-OH is 3. The van der Waals surface area contributed by atoms with Gasteiger partial charge in [-0.25, -0.2) is 9.97 Å². The molecule has 1 fully saturated rings. The van der Waals surface area contributed by atoms with Crippen LogP contribution in [0.1, 0.15) is 18.7 Å². The van der Waals surface area contributed by atoms with Crippen molar-refractivity contribution >= 4 is 16.9 Å². The lowest BCUT2D eigenvalue weighted by Crippen LogP contribution is -2.33. The minimum Gasteiger partial charge on any atom is -0.478 e. The maximum Gasteiger partial charge on any atom is 0.216 e. The van der Waals surface area contributed by atoms with E-state index < -0.39 is 31.1 Å². The highest BCUT2D eigenvalue weighted by Gasteiger charge is 2.45. The Balaban J connectivity index is 2.26. The molecule has 0 amide bonds. The molecule has 0 aromatic carbocycles. The van der Waals surface area contributed by atoms with E-state index in [1.165, 1.54) is 10.9 Å². The number of nitrogen functional groups attached to an aromatic ring is 1. The largest absolute Gasteiger partial charge is 0.478 e. The first-order valence-corrected chi connectivity index (χ1v) is 7.34. The van der Waals surface area contributed by atoms with E-state index in [1.54, 1.807) is 6.92 Å². The van der Waals surface area contributed by atoms with Crippen LogP contribution in [-0.2, 0) is 4.74 Å². The maximum absolute atomic E-state index is 10.3. The van der Waals surface area contributed by atoms with Gasteiger partial charge in [0, 0.05) is 0 Å². The molecule has 4 atom stereocenters. The van der Waals surface area contributed by atoms with Crippen LogP contribution in [0.4, 0.5) is 5.82 Å². The lowest BCUT2D eigenvalue weighted by Gasteiger charge is -2.20. The van der Waals surface area contributed by atoms with Crippen LogP contribution >= 0.6 is 0 Å². The molecule has 1 aliphatic rings. The van der Waals surface area contributed by atoms with Crippen LogP contribution in [0.3, 0.4) is 0 Å².